The number of para-hydroxylation sites is 3. The molecule has 0 bridgehead atoms. The molecule has 182 valence electrons. The number of furan rings is 1. The standard InChI is InChI=1S/C28H31N3O4/c1-4-6-11-18-30(28(33)25-17-12-19-35-25)20(3)26-29-22-14-8-7-13-21(22)27(32)31(26)23-15-9-10-16-24(23)34-5-2/h7-10,12-17,19-20H,4-6,11,18H2,1-3H3. The summed E-state index contributed by atoms with van der Waals surface area (Å²) in [5.41, 5.74) is 0.977. The molecule has 0 spiro atoms. The van der Waals surface area contributed by atoms with Crippen molar-refractivity contribution in [2.24, 2.45) is 0 Å². The fourth-order valence-corrected chi connectivity index (χ4v) is 4.27. The number of carbonyl (C=O) groups is 1. The molecule has 2 heterocycles. The zero-order valence-electron chi connectivity index (χ0n) is 20.4. The third-order valence-electron chi connectivity index (χ3n) is 6.04. The van der Waals surface area contributed by atoms with Gasteiger partial charge in [0.2, 0.25) is 0 Å². The Morgan fingerprint density at radius 2 is 1.83 bits per heavy atom. The molecule has 1 amide bonds. The van der Waals surface area contributed by atoms with E-state index in [0.29, 0.717) is 41.3 Å². The minimum absolute atomic E-state index is 0.205. The van der Waals surface area contributed by atoms with Crippen LogP contribution >= 0.6 is 0 Å². The van der Waals surface area contributed by atoms with Crippen LogP contribution in [-0.4, -0.2) is 33.5 Å². The van der Waals surface area contributed by atoms with E-state index in [9.17, 15) is 9.59 Å². The molecule has 2 aromatic heterocycles. The molecule has 4 aromatic rings. The highest BCUT2D eigenvalue weighted by molar-refractivity contribution is 5.91. The van der Waals surface area contributed by atoms with Crippen LogP contribution in [0.15, 0.2) is 76.1 Å². The number of nitrogens with zero attached hydrogens (tertiary/aromatic N) is 3. The molecule has 7 heteroatoms. The summed E-state index contributed by atoms with van der Waals surface area (Å²) >= 11 is 0. The second-order valence-electron chi connectivity index (χ2n) is 8.39. The maximum atomic E-state index is 13.8. The van der Waals surface area contributed by atoms with Crippen LogP contribution in [0.3, 0.4) is 0 Å². The van der Waals surface area contributed by atoms with Crippen molar-refractivity contribution in [3.8, 4) is 11.4 Å². The van der Waals surface area contributed by atoms with Crippen LogP contribution in [-0.2, 0) is 0 Å². The Morgan fingerprint density at radius 3 is 2.57 bits per heavy atom. The molecular weight excluding hydrogens is 442 g/mol. The molecule has 0 aliphatic rings. The summed E-state index contributed by atoms with van der Waals surface area (Å²) in [4.78, 5) is 34.0. The van der Waals surface area contributed by atoms with Gasteiger partial charge >= 0.3 is 0 Å². The van der Waals surface area contributed by atoms with Gasteiger partial charge in [-0.15, -0.1) is 0 Å². The van der Waals surface area contributed by atoms with Crippen molar-refractivity contribution in [1.29, 1.82) is 0 Å². The van der Waals surface area contributed by atoms with Crippen LogP contribution in [0.4, 0.5) is 0 Å². The Morgan fingerprint density at radius 1 is 1.06 bits per heavy atom. The number of hydrogen-bond donors (Lipinski definition) is 0. The van der Waals surface area contributed by atoms with Crippen molar-refractivity contribution in [1.82, 2.24) is 14.5 Å². The van der Waals surface area contributed by atoms with Gasteiger partial charge in [0.25, 0.3) is 11.5 Å². The lowest BCUT2D eigenvalue weighted by Crippen LogP contribution is -2.38. The van der Waals surface area contributed by atoms with E-state index in [1.54, 1.807) is 27.7 Å². The normalized spacial score (nSPS) is 12.0. The predicted molar refractivity (Wildman–Crippen MR) is 136 cm³/mol. The molecule has 7 nitrogen and oxygen atoms in total. The quantitative estimate of drug-likeness (QED) is 0.273. The summed E-state index contributed by atoms with van der Waals surface area (Å²) in [6, 6.07) is 17.5. The highest BCUT2D eigenvalue weighted by Gasteiger charge is 2.29. The minimum Gasteiger partial charge on any atom is -0.492 e. The fourth-order valence-electron chi connectivity index (χ4n) is 4.27. The van der Waals surface area contributed by atoms with Gasteiger partial charge in [-0.3, -0.25) is 14.2 Å². The molecule has 0 saturated heterocycles. The number of fused-ring (bicyclic) bond motifs is 1. The van der Waals surface area contributed by atoms with Gasteiger partial charge in [-0.05, 0) is 56.7 Å². The lowest BCUT2D eigenvalue weighted by molar-refractivity contribution is 0.0644. The van der Waals surface area contributed by atoms with E-state index < -0.39 is 6.04 Å². The van der Waals surface area contributed by atoms with E-state index in [2.05, 4.69) is 6.92 Å². The van der Waals surface area contributed by atoms with Gasteiger partial charge in [-0.2, -0.15) is 0 Å². The van der Waals surface area contributed by atoms with Gasteiger partial charge in [0, 0.05) is 6.54 Å². The van der Waals surface area contributed by atoms with Crippen molar-refractivity contribution in [3.05, 3.63) is 88.9 Å². The van der Waals surface area contributed by atoms with Crippen molar-refractivity contribution < 1.29 is 13.9 Å². The molecule has 0 N–H and O–H groups in total. The average molecular weight is 474 g/mol. The number of hydrogen-bond acceptors (Lipinski definition) is 5. The molecule has 0 aliphatic heterocycles. The lowest BCUT2D eigenvalue weighted by atomic mass is 10.1. The number of unbranched alkanes of at least 4 members (excludes halogenated alkanes) is 2. The molecular formula is C28H31N3O4. The largest absolute Gasteiger partial charge is 0.492 e. The number of carbonyl (C=O) groups excluding carboxylic acids is 1. The maximum absolute atomic E-state index is 13.8. The molecule has 1 atom stereocenters. The van der Waals surface area contributed by atoms with E-state index >= 15 is 0 Å². The van der Waals surface area contributed by atoms with E-state index in [-0.39, 0.29) is 17.2 Å². The Kier molecular flexibility index (Phi) is 7.65. The van der Waals surface area contributed by atoms with E-state index in [4.69, 9.17) is 14.1 Å². The lowest BCUT2D eigenvalue weighted by Gasteiger charge is -2.30. The monoisotopic (exact) mass is 473 g/mol. The van der Waals surface area contributed by atoms with E-state index in [0.717, 1.165) is 19.3 Å². The highest BCUT2D eigenvalue weighted by Crippen LogP contribution is 2.29. The zero-order valence-corrected chi connectivity index (χ0v) is 20.4. The van der Waals surface area contributed by atoms with Crippen LogP contribution < -0.4 is 10.3 Å². The molecule has 2 aromatic carbocycles. The Bertz CT molecular complexity index is 1340. The van der Waals surface area contributed by atoms with Crippen LogP contribution in [0.5, 0.6) is 5.75 Å². The number of benzene rings is 2. The molecule has 35 heavy (non-hydrogen) atoms. The van der Waals surface area contributed by atoms with Crippen LogP contribution in [0.2, 0.25) is 0 Å². The third kappa shape index (κ3) is 4.99. The number of amides is 1. The first kappa shape index (κ1) is 24.3. The molecule has 1 unspecified atom stereocenters. The van der Waals surface area contributed by atoms with Crippen molar-refractivity contribution >= 4 is 16.8 Å². The van der Waals surface area contributed by atoms with Gasteiger partial charge < -0.3 is 14.1 Å². The van der Waals surface area contributed by atoms with Gasteiger partial charge in [0.1, 0.15) is 11.6 Å². The SMILES string of the molecule is CCCCCN(C(=O)c1ccco1)C(C)c1nc2ccccc2c(=O)n1-c1ccccc1OCC. The Balaban J connectivity index is 1.91. The van der Waals surface area contributed by atoms with Crippen molar-refractivity contribution in [2.45, 2.75) is 46.1 Å². The minimum atomic E-state index is -0.503. The molecule has 4 rings (SSSR count). The fraction of sp³-hybridized carbons (Fsp3) is 0.321. The summed E-state index contributed by atoms with van der Waals surface area (Å²) in [6.07, 6.45) is 4.34. The predicted octanol–water partition coefficient (Wildman–Crippen LogP) is 5.77. The summed E-state index contributed by atoms with van der Waals surface area (Å²) in [6.45, 7) is 6.90. The molecule has 0 radical (unpaired) electrons. The zero-order chi connectivity index (χ0) is 24.8. The average Bonchev–Trinajstić information content (AvgIpc) is 3.42. The number of ether oxygens (including phenoxy) is 1. The number of rotatable bonds is 10. The topological polar surface area (TPSA) is 77.6 Å². The summed E-state index contributed by atoms with van der Waals surface area (Å²) in [7, 11) is 0. The number of aromatic nitrogens is 2. The first-order valence-corrected chi connectivity index (χ1v) is 12.1. The van der Waals surface area contributed by atoms with Gasteiger partial charge in [0.05, 0.1) is 35.5 Å². The second kappa shape index (κ2) is 11.0. The summed E-state index contributed by atoms with van der Waals surface area (Å²) in [5, 5.41) is 0.504. The molecule has 0 aliphatic carbocycles. The van der Waals surface area contributed by atoms with Crippen molar-refractivity contribution in [3.63, 3.8) is 0 Å². The van der Waals surface area contributed by atoms with Crippen molar-refractivity contribution in [2.75, 3.05) is 13.2 Å². The third-order valence-corrected chi connectivity index (χ3v) is 6.04. The first-order valence-electron chi connectivity index (χ1n) is 12.1. The Labute approximate surface area is 205 Å². The van der Waals surface area contributed by atoms with Gasteiger partial charge in [-0.1, -0.05) is 44.0 Å². The van der Waals surface area contributed by atoms with Crippen LogP contribution in [0.1, 0.15) is 62.5 Å². The maximum Gasteiger partial charge on any atom is 0.290 e. The van der Waals surface area contributed by atoms with E-state index in [1.165, 1.54) is 6.26 Å². The summed E-state index contributed by atoms with van der Waals surface area (Å²) in [5.74, 6) is 1.08. The summed E-state index contributed by atoms with van der Waals surface area (Å²) < 4.78 is 12.9. The van der Waals surface area contributed by atoms with Gasteiger partial charge in [-0.25, -0.2) is 4.98 Å². The smallest absolute Gasteiger partial charge is 0.290 e. The van der Waals surface area contributed by atoms with Crippen LogP contribution in [0.25, 0.3) is 16.6 Å². The van der Waals surface area contributed by atoms with E-state index in [1.807, 2.05) is 56.3 Å². The highest BCUT2D eigenvalue weighted by atomic mass is 16.5. The Hall–Kier alpha value is -3.87. The second-order valence-corrected chi connectivity index (χ2v) is 8.39. The molecule has 0 saturated carbocycles. The van der Waals surface area contributed by atoms with Crippen LogP contribution in [0, 0.1) is 0 Å². The molecule has 0 fully saturated rings. The van der Waals surface area contributed by atoms with Gasteiger partial charge in [0.15, 0.2) is 5.76 Å². The first-order chi connectivity index (χ1) is 17.1.